The van der Waals surface area contributed by atoms with Gasteiger partial charge in [-0.1, -0.05) is 0 Å². The Bertz CT molecular complexity index is 417. The number of ether oxygens (including phenoxy) is 2. The van der Waals surface area contributed by atoms with Gasteiger partial charge < -0.3 is 14.8 Å². The fourth-order valence-electron chi connectivity index (χ4n) is 2.90. The Morgan fingerprint density at radius 1 is 1.53 bits per heavy atom. The zero-order valence-corrected chi connectivity index (χ0v) is 12.5. The molecule has 2 heterocycles. The molecule has 0 spiro atoms. The van der Waals surface area contributed by atoms with E-state index in [-0.39, 0.29) is 6.04 Å². The van der Waals surface area contributed by atoms with Crippen LogP contribution in [0.1, 0.15) is 45.0 Å². The SMILES string of the molecule is CNC(c1c(OC)cnn1C(C)C)C1COC(C)C1. The first-order chi connectivity index (χ1) is 9.08. The normalized spacial score (nSPS) is 24.9. The average molecular weight is 267 g/mol. The van der Waals surface area contributed by atoms with E-state index < -0.39 is 0 Å². The van der Waals surface area contributed by atoms with E-state index in [2.05, 4.69) is 31.2 Å². The molecule has 1 N–H and O–H groups in total. The number of nitrogens with one attached hydrogen (secondary N) is 1. The smallest absolute Gasteiger partial charge is 0.161 e. The number of hydrogen-bond donors (Lipinski definition) is 1. The Balaban J connectivity index is 2.33. The molecule has 3 atom stereocenters. The van der Waals surface area contributed by atoms with Gasteiger partial charge in [0.25, 0.3) is 0 Å². The van der Waals surface area contributed by atoms with Crippen LogP contribution in [0.5, 0.6) is 5.75 Å². The molecule has 108 valence electrons. The molecule has 1 saturated heterocycles. The molecule has 0 aliphatic carbocycles. The molecule has 1 aliphatic heterocycles. The quantitative estimate of drug-likeness (QED) is 0.888. The summed E-state index contributed by atoms with van der Waals surface area (Å²) < 4.78 is 13.2. The highest BCUT2D eigenvalue weighted by molar-refractivity contribution is 5.29. The van der Waals surface area contributed by atoms with Gasteiger partial charge in [0.2, 0.25) is 0 Å². The monoisotopic (exact) mass is 267 g/mol. The Labute approximate surface area is 115 Å². The molecule has 5 heteroatoms. The van der Waals surface area contributed by atoms with Crippen molar-refractivity contribution in [1.29, 1.82) is 0 Å². The largest absolute Gasteiger partial charge is 0.493 e. The molecule has 0 bridgehead atoms. The standard InChI is InChI=1S/C14H25N3O2/c1-9(2)17-14(12(18-5)7-16-17)13(15-4)11-6-10(3)19-8-11/h7,9-11,13,15H,6,8H2,1-5H3. The van der Waals surface area contributed by atoms with E-state index in [0.29, 0.717) is 18.1 Å². The van der Waals surface area contributed by atoms with Crippen LogP contribution in [0.3, 0.4) is 0 Å². The van der Waals surface area contributed by atoms with Crippen LogP contribution >= 0.6 is 0 Å². The van der Waals surface area contributed by atoms with Crippen LogP contribution in [0, 0.1) is 5.92 Å². The Kier molecular flexibility index (Phi) is 4.47. The second-order valence-corrected chi connectivity index (χ2v) is 5.54. The molecule has 0 saturated carbocycles. The highest BCUT2D eigenvalue weighted by Gasteiger charge is 2.34. The molecule has 3 unspecified atom stereocenters. The molecule has 19 heavy (non-hydrogen) atoms. The summed E-state index contributed by atoms with van der Waals surface area (Å²) in [6.45, 7) is 7.19. The maximum atomic E-state index is 5.71. The fraction of sp³-hybridized carbons (Fsp3) is 0.786. The predicted octanol–water partition coefficient (Wildman–Crippen LogP) is 2.16. The van der Waals surface area contributed by atoms with Crippen LogP contribution in [0.4, 0.5) is 0 Å². The van der Waals surface area contributed by atoms with Gasteiger partial charge in [0.1, 0.15) is 0 Å². The van der Waals surface area contributed by atoms with Crippen molar-refractivity contribution >= 4 is 0 Å². The maximum absolute atomic E-state index is 5.71. The molecular formula is C14H25N3O2. The van der Waals surface area contributed by atoms with Crippen molar-refractivity contribution in [2.24, 2.45) is 5.92 Å². The van der Waals surface area contributed by atoms with E-state index >= 15 is 0 Å². The predicted molar refractivity (Wildman–Crippen MR) is 74.5 cm³/mol. The lowest BCUT2D eigenvalue weighted by molar-refractivity contribution is 0.116. The molecule has 1 aromatic rings. The third-order valence-corrected chi connectivity index (χ3v) is 3.81. The summed E-state index contributed by atoms with van der Waals surface area (Å²) in [5.74, 6) is 1.32. The zero-order chi connectivity index (χ0) is 14.0. The molecule has 2 rings (SSSR count). The second-order valence-electron chi connectivity index (χ2n) is 5.54. The highest BCUT2D eigenvalue weighted by Crippen LogP contribution is 2.36. The summed E-state index contributed by atoms with van der Waals surface area (Å²) in [5.41, 5.74) is 1.13. The zero-order valence-electron chi connectivity index (χ0n) is 12.5. The van der Waals surface area contributed by atoms with Crippen molar-refractivity contribution in [2.75, 3.05) is 20.8 Å². The molecule has 0 amide bonds. The highest BCUT2D eigenvalue weighted by atomic mass is 16.5. The van der Waals surface area contributed by atoms with Crippen molar-refractivity contribution in [2.45, 2.75) is 45.4 Å². The minimum atomic E-state index is 0.213. The molecule has 0 aromatic carbocycles. The van der Waals surface area contributed by atoms with Crippen molar-refractivity contribution < 1.29 is 9.47 Å². The summed E-state index contributed by atoms with van der Waals surface area (Å²) in [6, 6.07) is 0.527. The van der Waals surface area contributed by atoms with Crippen LogP contribution in [0.2, 0.25) is 0 Å². The molecule has 1 aliphatic rings. The first-order valence-corrected chi connectivity index (χ1v) is 6.98. The summed E-state index contributed by atoms with van der Waals surface area (Å²) in [7, 11) is 3.69. The first-order valence-electron chi connectivity index (χ1n) is 6.98. The van der Waals surface area contributed by atoms with Crippen LogP contribution in [-0.4, -0.2) is 36.6 Å². The van der Waals surface area contributed by atoms with Crippen LogP contribution in [-0.2, 0) is 4.74 Å². The Morgan fingerprint density at radius 2 is 2.26 bits per heavy atom. The fourth-order valence-corrected chi connectivity index (χ4v) is 2.90. The van der Waals surface area contributed by atoms with Crippen molar-refractivity contribution in [3.8, 4) is 5.75 Å². The third kappa shape index (κ3) is 2.77. The van der Waals surface area contributed by atoms with E-state index in [9.17, 15) is 0 Å². The van der Waals surface area contributed by atoms with Gasteiger partial charge in [-0.25, -0.2) is 0 Å². The van der Waals surface area contributed by atoms with Crippen LogP contribution in [0.15, 0.2) is 6.20 Å². The van der Waals surface area contributed by atoms with E-state index in [4.69, 9.17) is 9.47 Å². The maximum Gasteiger partial charge on any atom is 0.161 e. The lowest BCUT2D eigenvalue weighted by Crippen LogP contribution is -2.29. The van der Waals surface area contributed by atoms with E-state index in [0.717, 1.165) is 24.5 Å². The van der Waals surface area contributed by atoms with Gasteiger partial charge in [-0.2, -0.15) is 5.10 Å². The van der Waals surface area contributed by atoms with Crippen molar-refractivity contribution in [3.05, 3.63) is 11.9 Å². The average Bonchev–Trinajstić information content (AvgIpc) is 2.97. The van der Waals surface area contributed by atoms with Crippen molar-refractivity contribution in [3.63, 3.8) is 0 Å². The number of methoxy groups -OCH3 is 1. The van der Waals surface area contributed by atoms with Gasteiger partial charge in [-0.15, -0.1) is 0 Å². The van der Waals surface area contributed by atoms with Crippen molar-refractivity contribution in [1.82, 2.24) is 15.1 Å². The number of hydrogen-bond acceptors (Lipinski definition) is 4. The van der Waals surface area contributed by atoms with Gasteiger partial charge in [0.05, 0.1) is 37.8 Å². The summed E-state index contributed by atoms with van der Waals surface area (Å²) in [6.07, 6.45) is 3.21. The first kappa shape index (κ1) is 14.3. The van der Waals surface area contributed by atoms with Gasteiger partial charge in [0.15, 0.2) is 5.75 Å². The lowest BCUT2D eigenvalue weighted by Gasteiger charge is -2.25. The lowest BCUT2D eigenvalue weighted by atomic mass is 9.94. The minimum absolute atomic E-state index is 0.213. The minimum Gasteiger partial charge on any atom is -0.493 e. The third-order valence-electron chi connectivity index (χ3n) is 3.81. The summed E-state index contributed by atoms with van der Waals surface area (Å²) in [4.78, 5) is 0. The van der Waals surface area contributed by atoms with E-state index in [1.54, 1.807) is 13.3 Å². The number of nitrogens with zero attached hydrogens (tertiary/aromatic N) is 2. The van der Waals surface area contributed by atoms with Gasteiger partial charge in [-0.05, 0) is 34.2 Å². The number of rotatable bonds is 5. The topological polar surface area (TPSA) is 48.3 Å². The summed E-state index contributed by atoms with van der Waals surface area (Å²) in [5, 5.41) is 7.87. The molecule has 5 nitrogen and oxygen atoms in total. The van der Waals surface area contributed by atoms with E-state index in [1.165, 1.54) is 0 Å². The molecule has 0 radical (unpaired) electrons. The molecule has 1 aromatic heterocycles. The summed E-state index contributed by atoms with van der Waals surface area (Å²) >= 11 is 0. The Morgan fingerprint density at radius 3 is 2.74 bits per heavy atom. The number of aromatic nitrogens is 2. The van der Waals surface area contributed by atoms with Gasteiger partial charge >= 0.3 is 0 Å². The van der Waals surface area contributed by atoms with Gasteiger partial charge in [-0.3, -0.25) is 4.68 Å². The molecular weight excluding hydrogens is 242 g/mol. The Hall–Kier alpha value is -1.07. The van der Waals surface area contributed by atoms with Crippen LogP contribution < -0.4 is 10.1 Å². The molecule has 1 fully saturated rings. The van der Waals surface area contributed by atoms with Gasteiger partial charge in [0, 0.05) is 12.0 Å². The van der Waals surface area contributed by atoms with E-state index in [1.807, 2.05) is 11.7 Å². The van der Waals surface area contributed by atoms with Crippen LogP contribution in [0.25, 0.3) is 0 Å². The second kappa shape index (κ2) is 5.92.